The lowest BCUT2D eigenvalue weighted by molar-refractivity contribution is -0.155. The zero-order valence-electron chi connectivity index (χ0n) is 15.0. The first kappa shape index (κ1) is 18.5. The topological polar surface area (TPSA) is 55.4 Å². The molecule has 1 aromatic carbocycles. The monoisotopic (exact) mass is 331 g/mol. The van der Waals surface area contributed by atoms with Crippen molar-refractivity contribution in [1.82, 2.24) is 5.32 Å². The van der Waals surface area contributed by atoms with Gasteiger partial charge in [-0.2, -0.15) is 0 Å². The number of carbonyl (C=O) groups is 2. The molecule has 1 amide bonds. The Morgan fingerprint density at radius 1 is 1.21 bits per heavy atom. The van der Waals surface area contributed by atoms with Gasteiger partial charge in [0, 0.05) is 12.5 Å². The molecule has 4 nitrogen and oxygen atoms in total. The van der Waals surface area contributed by atoms with Crippen molar-refractivity contribution in [1.29, 1.82) is 0 Å². The van der Waals surface area contributed by atoms with E-state index in [2.05, 4.69) is 19.2 Å². The summed E-state index contributed by atoms with van der Waals surface area (Å²) in [4.78, 5) is 24.2. The highest BCUT2D eigenvalue weighted by Gasteiger charge is 2.30. The van der Waals surface area contributed by atoms with Crippen molar-refractivity contribution in [2.24, 2.45) is 11.8 Å². The van der Waals surface area contributed by atoms with Crippen molar-refractivity contribution in [3.05, 3.63) is 35.9 Å². The van der Waals surface area contributed by atoms with E-state index in [9.17, 15) is 9.59 Å². The van der Waals surface area contributed by atoms with E-state index in [1.54, 1.807) is 6.92 Å². The van der Waals surface area contributed by atoms with Crippen LogP contribution in [-0.2, 0) is 20.7 Å². The molecule has 1 saturated carbocycles. The quantitative estimate of drug-likeness (QED) is 0.812. The van der Waals surface area contributed by atoms with Gasteiger partial charge in [0.25, 0.3) is 5.91 Å². The van der Waals surface area contributed by atoms with Gasteiger partial charge in [-0.25, -0.2) is 0 Å². The Kier molecular flexibility index (Phi) is 6.83. The fraction of sp³-hybridized carbons (Fsp3) is 0.600. The van der Waals surface area contributed by atoms with E-state index in [1.165, 1.54) is 6.42 Å². The Balaban J connectivity index is 1.75. The molecule has 0 aromatic heterocycles. The molecule has 1 aliphatic rings. The number of hydrogen-bond donors (Lipinski definition) is 1. The first-order chi connectivity index (χ1) is 11.5. The second kappa shape index (κ2) is 8.86. The molecule has 24 heavy (non-hydrogen) atoms. The van der Waals surface area contributed by atoms with E-state index in [0.29, 0.717) is 24.7 Å². The average molecular weight is 331 g/mol. The summed E-state index contributed by atoms with van der Waals surface area (Å²) in [5.74, 6) is 0.567. The van der Waals surface area contributed by atoms with Crippen LogP contribution in [0.1, 0.15) is 52.0 Å². The van der Waals surface area contributed by atoms with Crippen LogP contribution in [0.15, 0.2) is 30.3 Å². The highest BCUT2D eigenvalue weighted by Crippen LogP contribution is 2.29. The molecule has 0 bridgehead atoms. The molecular formula is C20H29NO3. The van der Waals surface area contributed by atoms with E-state index >= 15 is 0 Å². The van der Waals surface area contributed by atoms with Crippen LogP contribution in [-0.4, -0.2) is 24.0 Å². The SMILES string of the molecule is C[C@@H]1[C@@H](C)CCC[C@H]1NC(=O)[C@@H](C)OC(=O)CCc1ccccc1. The average Bonchev–Trinajstić information content (AvgIpc) is 2.58. The Morgan fingerprint density at radius 3 is 2.62 bits per heavy atom. The van der Waals surface area contributed by atoms with Gasteiger partial charge in [0.05, 0.1) is 0 Å². The maximum atomic E-state index is 12.3. The predicted octanol–water partition coefficient (Wildman–Crippen LogP) is 3.49. The molecule has 0 unspecified atom stereocenters. The molecule has 1 aromatic rings. The third-order valence-electron chi connectivity index (χ3n) is 5.17. The molecule has 0 aliphatic heterocycles. The van der Waals surface area contributed by atoms with Crippen LogP contribution in [0.25, 0.3) is 0 Å². The first-order valence-electron chi connectivity index (χ1n) is 9.01. The number of carbonyl (C=O) groups excluding carboxylic acids is 2. The lowest BCUT2D eigenvalue weighted by atomic mass is 9.78. The summed E-state index contributed by atoms with van der Waals surface area (Å²) in [6, 6.07) is 9.99. The zero-order valence-corrected chi connectivity index (χ0v) is 15.0. The van der Waals surface area contributed by atoms with Gasteiger partial charge in [-0.05, 0) is 37.2 Å². The van der Waals surface area contributed by atoms with Crippen LogP contribution in [0, 0.1) is 11.8 Å². The minimum absolute atomic E-state index is 0.186. The molecule has 0 heterocycles. The van der Waals surface area contributed by atoms with E-state index < -0.39 is 6.10 Å². The highest BCUT2D eigenvalue weighted by atomic mass is 16.5. The van der Waals surface area contributed by atoms with Crippen molar-refractivity contribution in [3.63, 3.8) is 0 Å². The highest BCUT2D eigenvalue weighted by molar-refractivity contribution is 5.83. The van der Waals surface area contributed by atoms with Gasteiger partial charge < -0.3 is 10.1 Å². The number of rotatable bonds is 6. The standard InChI is InChI=1S/C20H29NO3/c1-14-8-7-11-18(15(14)2)21-20(23)16(3)24-19(22)13-12-17-9-5-4-6-10-17/h4-6,9-10,14-16,18H,7-8,11-13H2,1-3H3,(H,21,23)/t14-,15+,16+,18+/m0/s1. The van der Waals surface area contributed by atoms with Crippen molar-refractivity contribution < 1.29 is 14.3 Å². The van der Waals surface area contributed by atoms with Gasteiger partial charge >= 0.3 is 5.97 Å². The zero-order chi connectivity index (χ0) is 17.5. The van der Waals surface area contributed by atoms with Gasteiger partial charge in [-0.1, -0.05) is 57.0 Å². The maximum absolute atomic E-state index is 12.3. The number of aryl methyl sites for hydroxylation is 1. The Hall–Kier alpha value is -1.84. The van der Waals surface area contributed by atoms with Crippen LogP contribution in [0.3, 0.4) is 0 Å². The molecule has 2 rings (SSSR count). The molecule has 4 heteroatoms. The number of ether oxygens (including phenoxy) is 1. The summed E-state index contributed by atoms with van der Waals surface area (Å²) in [5.41, 5.74) is 1.09. The molecule has 1 aliphatic carbocycles. The number of hydrogen-bond acceptors (Lipinski definition) is 3. The summed E-state index contributed by atoms with van der Waals surface area (Å²) in [7, 11) is 0. The smallest absolute Gasteiger partial charge is 0.306 e. The third kappa shape index (κ3) is 5.36. The molecule has 0 spiro atoms. The number of amides is 1. The van der Waals surface area contributed by atoms with Crippen molar-refractivity contribution in [2.45, 2.75) is 65.0 Å². The van der Waals surface area contributed by atoms with Gasteiger partial charge in [0.15, 0.2) is 6.10 Å². The van der Waals surface area contributed by atoms with E-state index in [-0.39, 0.29) is 17.9 Å². The molecule has 0 radical (unpaired) electrons. The molecule has 0 saturated heterocycles. The number of benzene rings is 1. The van der Waals surface area contributed by atoms with Crippen molar-refractivity contribution >= 4 is 11.9 Å². The van der Waals surface area contributed by atoms with Crippen molar-refractivity contribution in [3.8, 4) is 0 Å². The minimum atomic E-state index is -0.738. The normalized spacial score (nSPS) is 24.9. The second-order valence-corrected chi connectivity index (χ2v) is 7.00. The second-order valence-electron chi connectivity index (χ2n) is 7.00. The van der Waals surface area contributed by atoms with Gasteiger partial charge in [-0.3, -0.25) is 9.59 Å². The number of nitrogens with one attached hydrogen (secondary N) is 1. The molecule has 1 fully saturated rings. The van der Waals surface area contributed by atoms with E-state index in [1.807, 2.05) is 30.3 Å². The van der Waals surface area contributed by atoms with Crippen LogP contribution in [0.2, 0.25) is 0 Å². The summed E-state index contributed by atoms with van der Waals surface area (Å²) < 4.78 is 5.29. The minimum Gasteiger partial charge on any atom is -0.453 e. The lowest BCUT2D eigenvalue weighted by Gasteiger charge is -2.35. The van der Waals surface area contributed by atoms with E-state index in [4.69, 9.17) is 4.74 Å². The Morgan fingerprint density at radius 2 is 1.92 bits per heavy atom. The van der Waals surface area contributed by atoms with Gasteiger partial charge in [0.1, 0.15) is 0 Å². The maximum Gasteiger partial charge on any atom is 0.306 e. The fourth-order valence-corrected chi connectivity index (χ4v) is 3.29. The first-order valence-corrected chi connectivity index (χ1v) is 9.01. The molecular weight excluding hydrogens is 302 g/mol. The molecule has 132 valence electrons. The van der Waals surface area contributed by atoms with Gasteiger partial charge in [-0.15, -0.1) is 0 Å². The lowest BCUT2D eigenvalue weighted by Crippen LogP contribution is -2.47. The molecule has 4 atom stereocenters. The van der Waals surface area contributed by atoms with Crippen LogP contribution >= 0.6 is 0 Å². The van der Waals surface area contributed by atoms with Crippen LogP contribution in [0.5, 0.6) is 0 Å². The van der Waals surface area contributed by atoms with Crippen LogP contribution < -0.4 is 5.32 Å². The summed E-state index contributed by atoms with van der Waals surface area (Å²) in [6.07, 6.45) is 3.55. The summed E-state index contributed by atoms with van der Waals surface area (Å²) >= 11 is 0. The largest absolute Gasteiger partial charge is 0.453 e. The fourth-order valence-electron chi connectivity index (χ4n) is 3.29. The number of esters is 1. The van der Waals surface area contributed by atoms with Crippen LogP contribution in [0.4, 0.5) is 0 Å². The summed E-state index contributed by atoms with van der Waals surface area (Å²) in [5, 5.41) is 3.06. The predicted molar refractivity (Wildman–Crippen MR) is 94.4 cm³/mol. The van der Waals surface area contributed by atoms with Gasteiger partial charge in [0.2, 0.25) is 0 Å². The Labute approximate surface area is 145 Å². The Bertz CT molecular complexity index is 543. The van der Waals surface area contributed by atoms with E-state index in [0.717, 1.165) is 18.4 Å². The summed E-state index contributed by atoms with van der Waals surface area (Å²) in [6.45, 7) is 6.06. The van der Waals surface area contributed by atoms with Crippen molar-refractivity contribution in [2.75, 3.05) is 0 Å². The molecule has 1 N–H and O–H groups in total. The third-order valence-corrected chi connectivity index (χ3v) is 5.17.